The van der Waals surface area contributed by atoms with Crippen LogP contribution in [0.15, 0.2) is 15.9 Å². The minimum atomic E-state index is -0.518. The monoisotopic (exact) mass is 289 g/mol. The van der Waals surface area contributed by atoms with E-state index in [1.165, 1.54) is 4.88 Å². The molecule has 2 heterocycles. The van der Waals surface area contributed by atoms with Crippen molar-refractivity contribution < 1.29 is 5.11 Å². The Kier molecular flexibility index (Phi) is 3.50. The molecule has 1 saturated heterocycles. The lowest BCUT2D eigenvalue weighted by Gasteiger charge is -2.38. The van der Waals surface area contributed by atoms with Gasteiger partial charge in [-0.1, -0.05) is 6.92 Å². The lowest BCUT2D eigenvalue weighted by atomic mass is 9.80. The summed E-state index contributed by atoms with van der Waals surface area (Å²) in [5.41, 5.74) is -0.518. The summed E-state index contributed by atoms with van der Waals surface area (Å²) in [5, 5.41) is 13.9. The first kappa shape index (κ1) is 11.6. The van der Waals surface area contributed by atoms with Crippen LogP contribution in [0.25, 0.3) is 0 Å². The highest BCUT2D eigenvalue weighted by molar-refractivity contribution is 9.11. The highest BCUT2D eigenvalue weighted by Gasteiger charge is 2.36. The summed E-state index contributed by atoms with van der Waals surface area (Å²) in [7, 11) is 0. The zero-order valence-electron chi connectivity index (χ0n) is 8.79. The Hall–Kier alpha value is 0.1000. The summed E-state index contributed by atoms with van der Waals surface area (Å²) in [4.78, 5) is 1.26. The highest BCUT2D eigenvalue weighted by atomic mass is 79.9. The molecule has 1 aromatic heterocycles. The van der Waals surface area contributed by atoms with E-state index < -0.39 is 5.60 Å². The molecule has 1 aliphatic heterocycles. The first-order valence-corrected chi connectivity index (χ1v) is 6.88. The molecule has 1 fully saturated rings. The number of nitrogens with one attached hydrogen (secondary N) is 1. The number of piperidine rings is 1. The molecular formula is C11H16BrNOS. The highest BCUT2D eigenvalue weighted by Crippen LogP contribution is 2.32. The Morgan fingerprint density at radius 1 is 1.67 bits per heavy atom. The van der Waals surface area contributed by atoms with Crippen molar-refractivity contribution in [2.24, 2.45) is 5.92 Å². The molecule has 0 amide bonds. The molecule has 0 aliphatic carbocycles. The van der Waals surface area contributed by atoms with Gasteiger partial charge in [-0.3, -0.25) is 0 Å². The van der Waals surface area contributed by atoms with Crippen molar-refractivity contribution in [3.63, 3.8) is 0 Å². The van der Waals surface area contributed by atoms with E-state index >= 15 is 0 Å². The fourth-order valence-corrected chi connectivity index (χ4v) is 3.67. The van der Waals surface area contributed by atoms with Gasteiger partial charge in [0.05, 0.1) is 9.39 Å². The van der Waals surface area contributed by atoms with Crippen molar-refractivity contribution in [1.82, 2.24) is 5.32 Å². The van der Waals surface area contributed by atoms with Crippen LogP contribution >= 0.6 is 27.3 Å². The maximum atomic E-state index is 10.6. The number of aliphatic hydroxyl groups is 1. The molecule has 2 N–H and O–H groups in total. The Balaban J connectivity index is 2.08. The van der Waals surface area contributed by atoms with E-state index in [1.807, 2.05) is 0 Å². The number of halogens is 1. The number of rotatable bonds is 2. The zero-order chi connectivity index (χ0) is 10.9. The van der Waals surface area contributed by atoms with Crippen LogP contribution in [0.5, 0.6) is 0 Å². The van der Waals surface area contributed by atoms with Gasteiger partial charge in [0.2, 0.25) is 0 Å². The second-order valence-corrected chi connectivity index (χ2v) is 6.89. The summed E-state index contributed by atoms with van der Waals surface area (Å²) in [6.07, 6.45) is 1.63. The summed E-state index contributed by atoms with van der Waals surface area (Å²) in [6.45, 7) is 3.96. The normalized spacial score (nSPS) is 31.8. The lowest BCUT2D eigenvalue weighted by Crippen LogP contribution is -2.50. The van der Waals surface area contributed by atoms with E-state index in [2.05, 4.69) is 40.3 Å². The molecule has 2 rings (SSSR count). The van der Waals surface area contributed by atoms with Gasteiger partial charge in [0.15, 0.2) is 0 Å². The fraction of sp³-hybridized carbons (Fsp3) is 0.636. The van der Waals surface area contributed by atoms with Gasteiger partial charge in [-0.25, -0.2) is 0 Å². The topological polar surface area (TPSA) is 32.3 Å². The maximum Gasteiger partial charge on any atom is 0.0745 e. The van der Waals surface area contributed by atoms with E-state index in [1.54, 1.807) is 11.3 Å². The predicted molar refractivity (Wildman–Crippen MR) is 67.3 cm³/mol. The van der Waals surface area contributed by atoms with Crippen LogP contribution in [0.3, 0.4) is 0 Å². The van der Waals surface area contributed by atoms with Crippen LogP contribution in [-0.4, -0.2) is 23.8 Å². The third-order valence-electron chi connectivity index (χ3n) is 3.21. The van der Waals surface area contributed by atoms with Gasteiger partial charge >= 0.3 is 0 Å². The largest absolute Gasteiger partial charge is 0.389 e. The molecular weight excluding hydrogens is 274 g/mol. The van der Waals surface area contributed by atoms with Gasteiger partial charge in [0, 0.05) is 17.8 Å². The second kappa shape index (κ2) is 4.53. The van der Waals surface area contributed by atoms with Crippen LogP contribution in [-0.2, 0) is 6.42 Å². The van der Waals surface area contributed by atoms with Crippen molar-refractivity contribution in [2.75, 3.05) is 13.1 Å². The Labute approximate surface area is 103 Å². The molecule has 84 valence electrons. The average molecular weight is 290 g/mol. The number of thiophene rings is 1. The molecule has 1 aliphatic rings. The molecule has 0 saturated carbocycles. The van der Waals surface area contributed by atoms with Gasteiger partial charge < -0.3 is 10.4 Å². The quantitative estimate of drug-likeness (QED) is 0.876. The van der Waals surface area contributed by atoms with E-state index in [4.69, 9.17) is 0 Å². The van der Waals surface area contributed by atoms with Crippen LogP contribution in [0.1, 0.15) is 18.2 Å². The molecule has 0 bridgehead atoms. The van der Waals surface area contributed by atoms with Crippen molar-refractivity contribution in [3.8, 4) is 0 Å². The van der Waals surface area contributed by atoms with E-state index in [-0.39, 0.29) is 0 Å². The minimum absolute atomic E-state index is 0.326. The van der Waals surface area contributed by atoms with Crippen LogP contribution in [0, 0.1) is 5.92 Å². The SMILES string of the molecule is CC1CNCCC1(O)Cc1ccc(Br)s1. The third-order valence-corrected chi connectivity index (χ3v) is 4.84. The molecule has 2 nitrogen and oxygen atoms in total. The number of hydrogen-bond donors (Lipinski definition) is 2. The van der Waals surface area contributed by atoms with Gasteiger partial charge in [0.1, 0.15) is 0 Å². The Bertz CT molecular complexity index is 341. The fourth-order valence-electron chi connectivity index (χ4n) is 2.07. The second-order valence-electron chi connectivity index (χ2n) is 4.34. The summed E-state index contributed by atoms with van der Waals surface area (Å²) in [5.74, 6) is 0.326. The summed E-state index contributed by atoms with van der Waals surface area (Å²) >= 11 is 5.17. The average Bonchev–Trinajstić information content (AvgIpc) is 2.57. The van der Waals surface area contributed by atoms with Gasteiger partial charge in [-0.2, -0.15) is 0 Å². The first-order valence-electron chi connectivity index (χ1n) is 5.27. The predicted octanol–water partition coefficient (Wildman–Crippen LogP) is 2.41. The minimum Gasteiger partial charge on any atom is -0.389 e. The van der Waals surface area contributed by atoms with Crippen molar-refractivity contribution >= 4 is 27.3 Å². The molecule has 15 heavy (non-hydrogen) atoms. The molecule has 2 unspecified atom stereocenters. The van der Waals surface area contributed by atoms with Gasteiger partial charge in [0.25, 0.3) is 0 Å². The summed E-state index contributed by atoms with van der Waals surface area (Å²) in [6, 6.07) is 4.15. The Morgan fingerprint density at radius 2 is 2.47 bits per heavy atom. The first-order chi connectivity index (χ1) is 7.10. The van der Waals surface area contributed by atoms with Gasteiger partial charge in [-0.05, 0) is 46.9 Å². The Morgan fingerprint density at radius 3 is 3.07 bits per heavy atom. The van der Waals surface area contributed by atoms with Crippen LogP contribution in [0.4, 0.5) is 0 Å². The molecule has 0 aromatic carbocycles. The van der Waals surface area contributed by atoms with Crippen molar-refractivity contribution in [2.45, 2.75) is 25.4 Å². The smallest absolute Gasteiger partial charge is 0.0745 e. The number of hydrogen-bond acceptors (Lipinski definition) is 3. The van der Waals surface area contributed by atoms with Crippen molar-refractivity contribution in [3.05, 3.63) is 20.8 Å². The van der Waals surface area contributed by atoms with E-state index in [0.717, 1.165) is 29.7 Å². The molecule has 0 radical (unpaired) electrons. The zero-order valence-corrected chi connectivity index (χ0v) is 11.2. The third kappa shape index (κ3) is 2.61. The summed E-state index contributed by atoms with van der Waals surface area (Å²) < 4.78 is 1.14. The molecule has 4 heteroatoms. The maximum absolute atomic E-state index is 10.6. The van der Waals surface area contributed by atoms with E-state index in [9.17, 15) is 5.11 Å². The van der Waals surface area contributed by atoms with Crippen LogP contribution < -0.4 is 5.32 Å². The molecule has 2 atom stereocenters. The lowest BCUT2D eigenvalue weighted by molar-refractivity contribution is -0.0323. The van der Waals surface area contributed by atoms with Crippen molar-refractivity contribution in [1.29, 1.82) is 0 Å². The molecule has 0 spiro atoms. The van der Waals surface area contributed by atoms with Crippen LogP contribution in [0.2, 0.25) is 0 Å². The van der Waals surface area contributed by atoms with E-state index in [0.29, 0.717) is 5.92 Å². The standard InChI is InChI=1S/C11H16BrNOS/c1-8-7-13-5-4-11(8,14)6-9-2-3-10(12)15-9/h2-3,8,13-14H,4-7H2,1H3. The molecule has 1 aromatic rings. The van der Waals surface area contributed by atoms with Gasteiger partial charge in [-0.15, -0.1) is 11.3 Å².